The minimum atomic E-state index is -0.0273. The second-order valence-corrected chi connectivity index (χ2v) is 31.5. The summed E-state index contributed by atoms with van der Waals surface area (Å²) in [4.78, 5) is 14.2. The quantitative estimate of drug-likeness (QED) is 0.173. The van der Waals surface area contributed by atoms with E-state index in [1.54, 1.807) is 18.4 Å². The summed E-state index contributed by atoms with van der Waals surface area (Å²) < 4.78 is 22.9. The number of H-pyrrole nitrogens is 1. The maximum absolute atomic E-state index is 6.19. The van der Waals surface area contributed by atoms with E-state index in [0.717, 1.165) is 53.6 Å². The van der Waals surface area contributed by atoms with Gasteiger partial charge >= 0.3 is 0 Å². The van der Waals surface area contributed by atoms with Crippen LogP contribution in [0.5, 0.6) is 23.0 Å². The number of benzene rings is 6. The standard InChI is InChI=1S/C29H34O2.C10H10S.C9H12.C8H10O2S.C8H12S.C8H10.C7H10S.C6H9N/c1-8-18(2)17-31-27-16-24(28(30-7)14-20(27)4)21-10-12-23-22-11-9-19(3)13-25(22)29(5,6)26(23)15-21;1-7-9-5-3-4-6-10(9)8(2)11-7;1-3-9-6-4-8(2)5-7-9;1-5-7-8(6(2)11-5)10-4-3-9-7;1-5-6(2)8(4)9-7(5)3;1-7-3-5-8(2)6-4-7;1-5-4-6(2)8-7(5)3;1-5-3-4-6(2)7-5/h9-16,18H,8,17H2,1-7H3;3-6H,1-2H3;4-7H,3H2,1-2H3;3-4H2,1-2H3;1-4H3;3-6H,1-2H3;4H,1-3H3;3-4,7H,1-2H3. The molecule has 6 aromatic carbocycles. The van der Waals surface area contributed by atoms with Crippen LogP contribution in [0.1, 0.15) is 153 Å². The molecule has 0 saturated heterocycles. The van der Waals surface area contributed by atoms with Crippen molar-refractivity contribution in [3.63, 3.8) is 0 Å². The number of nitrogens with one attached hydrogen (secondary N) is 1. The number of hydrogen-bond acceptors (Lipinski definition) is 8. The van der Waals surface area contributed by atoms with E-state index in [1.807, 2.05) is 47.9 Å². The topological polar surface area (TPSA) is 52.7 Å². The summed E-state index contributed by atoms with van der Waals surface area (Å²) in [5.41, 5.74) is 22.4. The van der Waals surface area contributed by atoms with E-state index in [-0.39, 0.29) is 5.41 Å². The molecule has 94 heavy (non-hydrogen) atoms. The predicted molar refractivity (Wildman–Crippen MR) is 415 cm³/mol. The monoisotopic (exact) mass is 1330 g/mol. The van der Waals surface area contributed by atoms with Crippen molar-refractivity contribution in [3.8, 4) is 45.3 Å². The van der Waals surface area contributed by atoms with Crippen LogP contribution in [0.15, 0.2) is 140 Å². The third kappa shape index (κ3) is 20.9. The molecule has 5 aromatic heterocycles. The van der Waals surface area contributed by atoms with Crippen LogP contribution in [0.2, 0.25) is 0 Å². The minimum absolute atomic E-state index is 0.0273. The van der Waals surface area contributed by atoms with Crippen LogP contribution in [0, 0.1) is 131 Å². The Bertz CT molecular complexity index is 4040. The highest BCUT2D eigenvalue weighted by Crippen LogP contribution is 2.51. The van der Waals surface area contributed by atoms with Gasteiger partial charge in [-0.05, 0) is 240 Å². The summed E-state index contributed by atoms with van der Waals surface area (Å²) in [5.74, 6) is 4.28. The van der Waals surface area contributed by atoms with E-state index in [2.05, 4.69) is 290 Å². The smallest absolute Gasteiger partial charge is 0.175 e. The molecule has 0 radical (unpaired) electrons. The van der Waals surface area contributed by atoms with Gasteiger partial charge in [-0.3, -0.25) is 0 Å². The van der Waals surface area contributed by atoms with Crippen molar-refractivity contribution >= 4 is 56.1 Å². The molecule has 1 N–H and O–H groups in total. The molecule has 0 saturated carbocycles. The van der Waals surface area contributed by atoms with Crippen molar-refractivity contribution in [2.75, 3.05) is 26.9 Å². The zero-order valence-electron chi connectivity index (χ0n) is 61.2. The van der Waals surface area contributed by atoms with Crippen molar-refractivity contribution in [1.29, 1.82) is 0 Å². The van der Waals surface area contributed by atoms with E-state index in [9.17, 15) is 0 Å². The summed E-state index contributed by atoms with van der Waals surface area (Å²) in [6, 6.07) is 50.0. The average molecular weight is 1340 g/mol. The van der Waals surface area contributed by atoms with Gasteiger partial charge in [0.2, 0.25) is 0 Å². The molecule has 5 nitrogen and oxygen atoms in total. The molecular weight excluding hydrogens is 1230 g/mol. The first-order chi connectivity index (χ1) is 44.6. The molecule has 0 fully saturated rings. The molecule has 1 unspecified atom stereocenters. The predicted octanol–water partition coefficient (Wildman–Crippen LogP) is 25.5. The molecule has 9 heteroatoms. The Morgan fingerprint density at radius 1 is 0.457 bits per heavy atom. The lowest BCUT2D eigenvalue weighted by molar-refractivity contribution is 0.171. The highest BCUT2D eigenvalue weighted by Gasteiger charge is 2.36. The zero-order valence-corrected chi connectivity index (χ0v) is 64.4. The number of thiophene rings is 4. The van der Waals surface area contributed by atoms with Gasteiger partial charge in [-0.25, -0.2) is 0 Å². The third-order valence-electron chi connectivity index (χ3n) is 17.5. The molecule has 1 aliphatic carbocycles. The molecule has 1 atom stereocenters. The largest absolute Gasteiger partial charge is 0.496 e. The number of aromatic nitrogens is 1. The summed E-state index contributed by atoms with van der Waals surface area (Å²) in [6.07, 6.45) is 2.25. The number of hydrogen-bond donors (Lipinski definition) is 1. The van der Waals surface area contributed by atoms with Gasteiger partial charge in [-0.2, -0.15) is 0 Å². The lowest BCUT2D eigenvalue weighted by Crippen LogP contribution is -2.15. The fourth-order valence-electron chi connectivity index (χ4n) is 11.1. The fourth-order valence-corrected chi connectivity index (χ4v) is 15.0. The van der Waals surface area contributed by atoms with Gasteiger partial charge < -0.3 is 23.9 Å². The summed E-state index contributed by atoms with van der Waals surface area (Å²) >= 11 is 7.38. The Balaban J connectivity index is 0.000000185. The summed E-state index contributed by atoms with van der Waals surface area (Å²) in [5, 5.41) is 2.82. The van der Waals surface area contributed by atoms with Gasteiger partial charge in [0.1, 0.15) is 24.7 Å². The van der Waals surface area contributed by atoms with Crippen LogP contribution < -0.4 is 18.9 Å². The second-order valence-electron chi connectivity index (χ2n) is 25.8. The lowest BCUT2D eigenvalue weighted by atomic mass is 9.81. The molecule has 11 aromatic rings. The molecule has 500 valence electrons. The van der Waals surface area contributed by atoms with Crippen molar-refractivity contribution in [2.45, 2.75) is 178 Å². The molecule has 2 aliphatic rings. The number of fused-ring (bicyclic) bond motifs is 5. The van der Waals surface area contributed by atoms with E-state index < -0.39 is 0 Å². The van der Waals surface area contributed by atoms with Gasteiger partial charge in [-0.1, -0.05) is 166 Å². The molecule has 13 rings (SSSR count). The number of aryl methyl sites for hydroxylation is 17. The van der Waals surface area contributed by atoms with Crippen LogP contribution in [0.25, 0.3) is 33.0 Å². The Morgan fingerprint density at radius 2 is 0.926 bits per heavy atom. The van der Waals surface area contributed by atoms with Gasteiger partial charge in [0.25, 0.3) is 0 Å². The molecule has 1 aliphatic heterocycles. The van der Waals surface area contributed by atoms with Gasteiger partial charge in [0.15, 0.2) is 11.5 Å². The first-order valence-electron chi connectivity index (χ1n) is 33.2. The van der Waals surface area contributed by atoms with Gasteiger partial charge in [0, 0.05) is 61.4 Å². The Morgan fingerprint density at radius 3 is 1.34 bits per heavy atom. The van der Waals surface area contributed by atoms with E-state index in [0.29, 0.717) is 19.1 Å². The maximum Gasteiger partial charge on any atom is 0.175 e. The Hall–Kier alpha value is -7.14. The zero-order chi connectivity index (χ0) is 69.1. The Labute approximate surface area is 582 Å². The van der Waals surface area contributed by atoms with E-state index >= 15 is 0 Å². The third-order valence-corrected chi connectivity index (χ3v) is 21.8. The number of ether oxygens (including phenoxy) is 4. The van der Waals surface area contributed by atoms with Gasteiger partial charge in [0.05, 0.1) is 13.7 Å². The van der Waals surface area contributed by atoms with Crippen LogP contribution >= 0.6 is 45.3 Å². The molecule has 0 bridgehead atoms. The summed E-state index contributed by atoms with van der Waals surface area (Å²) in [6.45, 7) is 51.7. The van der Waals surface area contributed by atoms with Crippen LogP contribution in [-0.2, 0) is 11.8 Å². The minimum Gasteiger partial charge on any atom is -0.496 e. The fraction of sp³-hybridized carbons (Fsp3) is 0.365. The number of aromatic amines is 1. The highest BCUT2D eigenvalue weighted by molar-refractivity contribution is 7.13. The maximum atomic E-state index is 6.19. The van der Waals surface area contributed by atoms with Crippen LogP contribution in [0.3, 0.4) is 0 Å². The molecule has 0 spiro atoms. The molecule has 6 heterocycles. The van der Waals surface area contributed by atoms with Crippen molar-refractivity contribution < 1.29 is 18.9 Å². The first-order valence-corrected chi connectivity index (χ1v) is 36.5. The number of methoxy groups -OCH3 is 1. The van der Waals surface area contributed by atoms with E-state index in [1.165, 1.54) is 134 Å². The number of rotatable bonds is 7. The second kappa shape index (κ2) is 35.6. The molecule has 0 amide bonds. The van der Waals surface area contributed by atoms with Crippen molar-refractivity contribution in [2.24, 2.45) is 5.92 Å². The van der Waals surface area contributed by atoms with Crippen molar-refractivity contribution in [3.05, 3.63) is 251 Å². The normalized spacial score (nSPS) is 12.1. The first kappa shape index (κ1) is 75.9. The van der Waals surface area contributed by atoms with E-state index in [4.69, 9.17) is 18.9 Å². The Kier molecular flexibility index (Phi) is 28.7. The van der Waals surface area contributed by atoms with Crippen LogP contribution in [-0.4, -0.2) is 31.9 Å². The van der Waals surface area contributed by atoms with Crippen LogP contribution in [0.4, 0.5) is 0 Å². The van der Waals surface area contributed by atoms with Gasteiger partial charge in [-0.15, -0.1) is 45.3 Å². The lowest BCUT2D eigenvalue weighted by Gasteiger charge is -2.23. The molecular formula is C85H107NO4S4. The summed E-state index contributed by atoms with van der Waals surface area (Å²) in [7, 11) is 1.74. The SMILES string of the molecule is CCC(C)COc1cc(-c2ccc3c(c2)C(C)(C)c2cc(C)ccc2-3)c(OC)cc1C.CCc1ccc(C)cc1.Cc1cc(C)c(C)s1.Cc1ccc(C)[nH]1.Cc1ccc(C)cc1.Cc1sc(C)c(C)c1C.Cc1sc(C)c2c1OCCO2.Cc1sc(C)c2ccccc12. The highest BCUT2D eigenvalue weighted by atomic mass is 32.1. The average Bonchev–Trinajstić information content (AvgIpc) is 1.58. The van der Waals surface area contributed by atoms with Crippen molar-refractivity contribution in [1.82, 2.24) is 4.98 Å².